The van der Waals surface area contributed by atoms with E-state index in [0.717, 1.165) is 6.07 Å². The van der Waals surface area contributed by atoms with Gasteiger partial charge in [0.25, 0.3) is 5.91 Å². The Kier molecular flexibility index (Phi) is 4.45. The van der Waals surface area contributed by atoms with Crippen molar-refractivity contribution in [3.63, 3.8) is 0 Å². The van der Waals surface area contributed by atoms with Gasteiger partial charge in [-0.3, -0.25) is 4.79 Å². The van der Waals surface area contributed by atoms with E-state index in [1.165, 1.54) is 26.2 Å². The number of amides is 1. The molecule has 4 nitrogen and oxygen atoms in total. The maximum atomic E-state index is 13.1. The van der Waals surface area contributed by atoms with Crippen LogP contribution in [-0.4, -0.2) is 25.0 Å². The van der Waals surface area contributed by atoms with Crippen LogP contribution in [-0.2, 0) is 9.53 Å². The van der Waals surface area contributed by atoms with Gasteiger partial charge in [0, 0.05) is 5.56 Å². The number of hydrogen-bond acceptors (Lipinski definition) is 3. The summed E-state index contributed by atoms with van der Waals surface area (Å²) in [5.74, 6) is -1.84. The van der Waals surface area contributed by atoms with Gasteiger partial charge in [-0.25, -0.2) is 9.18 Å². The van der Waals surface area contributed by atoms with Crippen molar-refractivity contribution in [1.82, 2.24) is 5.32 Å². The molecule has 0 aliphatic carbocycles. The molecule has 1 amide bonds. The van der Waals surface area contributed by atoms with Gasteiger partial charge in [0.05, 0.1) is 12.1 Å². The molecule has 0 spiro atoms. The van der Waals surface area contributed by atoms with Crippen molar-refractivity contribution in [3.05, 3.63) is 34.6 Å². The van der Waals surface area contributed by atoms with E-state index in [1.54, 1.807) is 0 Å². The van der Waals surface area contributed by atoms with Crippen molar-refractivity contribution < 1.29 is 18.7 Å². The van der Waals surface area contributed by atoms with Crippen molar-refractivity contribution in [2.45, 2.75) is 13.0 Å². The second kappa shape index (κ2) is 5.63. The van der Waals surface area contributed by atoms with Crippen LogP contribution in [0.25, 0.3) is 0 Å². The van der Waals surface area contributed by atoms with Gasteiger partial charge in [0.2, 0.25) is 0 Å². The molecular weight excluding hydrogens is 249 g/mol. The molecule has 92 valence electrons. The Bertz CT molecular complexity index is 450. The average Bonchev–Trinajstić information content (AvgIpc) is 2.31. The molecule has 0 bridgehead atoms. The summed E-state index contributed by atoms with van der Waals surface area (Å²) in [7, 11) is 1.22. The predicted molar refractivity (Wildman–Crippen MR) is 60.4 cm³/mol. The van der Waals surface area contributed by atoms with Gasteiger partial charge in [0.15, 0.2) is 0 Å². The number of rotatable bonds is 3. The van der Waals surface area contributed by atoms with E-state index in [4.69, 9.17) is 11.6 Å². The van der Waals surface area contributed by atoms with E-state index in [2.05, 4.69) is 10.1 Å². The van der Waals surface area contributed by atoms with Crippen molar-refractivity contribution in [3.8, 4) is 0 Å². The van der Waals surface area contributed by atoms with Crippen molar-refractivity contribution >= 4 is 23.5 Å². The molecule has 0 aromatic heterocycles. The number of carbonyl (C=O) groups is 2. The lowest BCUT2D eigenvalue weighted by molar-refractivity contribution is -0.142. The van der Waals surface area contributed by atoms with Crippen LogP contribution in [0, 0.1) is 5.82 Å². The largest absolute Gasteiger partial charge is 0.467 e. The fourth-order valence-electron chi connectivity index (χ4n) is 1.15. The summed E-state index contributed by atoms with van der Waals surface area (Å²) in [4.78, 5) is 22.7. The van der Waals surface area contributed by atoms with Crippen LogP contribution in [0.15, 0.2) is 18.2 Å². The fourth-order valence-corrected chi connectivity index (χ4v) is 1.27. The maximum absolute atomic E-state index is 13.1. The summed E-state index contributed by atoms with van der Waals surface area (Å²) >= 11 is 5.48. The van der Waals surface area contributed by atoms with Crippen LogP contribution in [0.1, 0.15) is 17.3 Å². The van der Waals surface area contributed by atoms with Gasteiger partial charge >= 0.3 is 5.97 Å². The first-order valence-electron chi connectivity index (χ1n) is 4.79. The summed E-state index contributed by atoms with van der Waals surface area (Å²) in [5, 5.41) is 2.30. The molecular formula is C11H11ClFNO3. The van der Waals surface area contributed by atoms with Crippen LogP contribution in [0.3, 0.4) is 0 Å². The van der Waals surface area contributed by atoms with Crippen LogP contribution >= 0.6 is 11.6 Å². The smallest absolute Gasteiger partial charge is 0.328 e. The van der Waals surface area contributed by atoms with Gasteiger partial charge in [-0.05, 0) is 25.1 Å². The number of esters is 1. The summed E-state index contributed by atoms with van der Waals surface area (Å²) in [5.41, 5.74) is 0.0858. The molecule has 6 heteroatoms. The molecule has 0 aliphatic heterocycles. The quantitative estimate of drug-likeness (QED) is 0.842. The molecule has 1 aromatic carbocycles. The third kappa shape index (κ3) is 3.42. The maximum Gasteiger partial charge on any atom is 0.328 e. The number of benzene rings is 1. The van der Waals surface area contributed by atoms with Gasteiger partial charge in [-0.1, -0.05) is 11.6 Å². The minimum absolute atomic E-state index is 0.0671. The highest BCUT2D eigenvalue weighted by Crippen LogP contribution is 2.15. The van der Waals surface area contributed by atoms with E-state index in [0.29, 0.717) is 0 Å². The molecule has 0 saturated carbocycles. The lowest BCUT2D eigenvalue weighted by Gasteiger charge is -2.11. The Morgan fingerprint density at radius 3 is 2.65 bits per heavy atom. The summed E-state index contributed by atoms with van der Waals surface area (Å²) < 4.78 is 17.5. The van der Waals surface area contributed by atoms with Crippen LogP contribution in [0.2, 0.25) is 5.02 Å². The summed E-state index contributed by atoms with van der Waals surface area (Å²) in [6.45, 7) is 1.47. The molecule has 1 unspecified atom stereocenters. The number of hydrogen-bond donors (Lipinski definition) is 1. The van der Waals surface area contributed by atoms with Crippen LogP contribution in [0.4, 0.5) is 4.39 Å². The number of methoxy groups -OCH3 is 1. The molecule has 0 radical (unpaired) electrons. The second-order valence-corrected chi connectivity index (χ2v) is 3.75. The highest BCUT2D eigenvalue weighted by atomic mass is 35.5. The highest BCUT2D eigenvalue weighted by Gasteiger charge is 2.17. The molecule has 17 heavy (non-hydrogen) atoms. The number of halogens is 2. The van der Waals surface area contributed by atoms with E-state index < -0.39 is 23.7 Å². The molecule has 0 aliphatic rings. The van der Waals surface area contributed by atoms with Crippen molar-refractivity contribution in [1.29, 1.82) is 0 Å². The first kappa shape index (κ1) is 13.4. The number of carbonyl (C=O) groups excluding carboxylic acids is 2. The zero-order chi connectivity index (χ0) is 13.0. The lowest BCUT2D eigenvalue weighted by Crippen LogP contribution is -2.39. The first-order valence-corrected chi connectivity index (χ1v) is 5.17. The van der Waals surface area contributed by atoms with Crippen LogP contribution < -0.4 is 5.32 Å². The Labute approximate surface area is 103 Å². The van der Waals surface area contributed by atoms with Crippen molar-refractivity contribution in [2.24, 2.45) is 0 Å². The minimum Gasteiger partial charge on any atom is -0.467 e. The van der Waals surface area contributed by atoms with Gasteiger partial charge in [-0.2, -0.15) is 0 Å². The topological polar surface area (TPSA) is 55.4 Å². The van der Waals surface area contributed by atoms with E-state index in [9.17, 15) is 14.0 Å². The third-order valence-corrected chi connectivity index (χ3v) is 2.39. The van der Waals surface area contributed by atoms with Crippen molar-refractivity contribution in [2.75, 3.05) is 7.11 Å². The predicted octanol–water partition coefficient (Wildman–Crippen LogP) is 1.77. The highest BCUT2D eigenvalue weighted by molar-refractivity contribution is 6.30. The molecule has 1 atom stereocenters. The Morgan fingerprint density at radius 1 is 1.47 bits per heavy atom. The first-order chi connectivity index (χ1) is 7.95. The lowest BCUT2D eigenvalue weighted by atomic mass is 10.2. The normalized spacial score (nSPS) is 11.8. The molecule has 1 rings (SSSR count). The molecule has 1 aromatic rings. The Morgan fingerprint density at radius 2 is 2.12 bits per heavy atom. The van der Waals surface area contributed by atoms with E-state index >= 15 is 0 Å². The molecule has 1 N–H and O–H groups in total. The zero-order valence-corrected chi connectivity index (χ0v) is 10.0. The average molecular weight is 260 g/mol. The van der Waals surface area contributed by atoms with Gasteiger partial charge in [0.1, 0.15) is 11.9 Å². The van der Waals surface area contributed by atoms with Crippen LogP contribution in [0.5, 0.6) is 0 Å². The van der Waals surface area contributed by atoms with E-state index in [1.807, 2.05) is 0 Å². The van der Waals surface area contributed by atoms with E-state index in [-0.39, 0.29) is 10.6 Å². The third-order valence-electron chi connectivity index (χ3n) is 2.08. The molecule has 0 fully saturated rings. The summed E-state index contributed by atoms with van der Waals surface area (Å²) in [6, 6.07) is 2.84. The monoisotopic (exact) mass is 259 g/mol. The SMILES string of the molecule is COC(=O)C(C)NC(=O)c1ccc(Cl)c(F)c1. The molecule has 0 heterocycles. The Balaban J connectivity index is 2.76. The molecule has 0 saturated heterocycles. The van der Waals surface area contributed by atoms with Gasteiger partial charge in [-0.15, -0.1) is 0 Å². The number of ether oxygens (including phenoxy) is 1. The minimum atomic E-state index is -0.800. The summed E-state index contributed by atoms with van der Waals surface area (Å²) in [6.07, 6.45) is 0. The zero-order valence-electron chi connectivity index (χ0n) is 9.29. The Hall–Kier alpha value is -1.62. The number of nitrogens with one attached hydrogen (secondary N) is 1. The van der Waals surface area contributed by atoms with Gasteiger partial charge < -0.3 is 10.1 Å². The fraction of sp³-hybridized carbons (Fsp3) is 0.273. The second-order valence-electron chi connectivity index (χ2n) is 3.35. The standard InChI is InChI=1S/C11H11ClFNO3/c1-6(11(16)17-2)14-10(15)7-3-4-8(12)9(13)5-7/h3-6H,1-2H3,(H,14,15).